The third-order valence-electron chi connectivity index (χ3n) is 4.56. The summed E-state index contributed by atoms with van der Waals surface area (Å²) in [5.41, 5.74) is 1.84. The van der Waals surface area contributed by atoms with Gasteiger partial charge in [-0.3, -0.25) is 4.79 Å². The molecule has 0 saturated heterocycles. The highest BCUT2D eigenvalue weighted by molar-refractivity contribution is 5.89. The second-order valence-corrected chi connectivity index (χ2v) is 6.94. The number of hydrogen-bond donors (Lipinski definition) is 1. The lowest BCUT2D eigenvalue weighted by Gasteiger charge is -2.17. The molecule has 1 aromatic rings. The largest absolute Gasteiger partial charge is 0.467 e. The number of benzene rings is 1. The molecule has 23 heavy (non-hydrogen) atoms. The Morgan fingerprint density at radius 1 is 1.22 bits per heavy atom. The number of esters is 1. The molecule has 1 aromatic carbocycles. The Hall–Kier alpha value is -2.10. The summed E-state index contributed by atoms with van der Waals surface area (Å²) < 4.78 is 4.85. The van der Waals surface area contributed by atoms with Gasteiger partial charge in [-0.1, -0.05) is 55.8 Å². The van der Waals surface area contributed by atoms with Gasteiger partial charge in [-0.15, -0.1) is 0 Å². The number of amides is 1. The van der Waals surface area contributed by atoms with E-state index in [-0.39, 0.29) is 23.2 Å². The van der Waals surface area contributed by atoms with Gasteiger partial charge < -0.3 is 10.1 Å². The smallest absolute Gasteiger partial charge is 0.333 e. The number of allylic oxidation sites excluding steroid dienone is 2. The number of nitrogens with one attached hydrogen (secondary N) is 1. The van der Waals surface area contributed by atoms with E-state index in [0.29, 0.717) is 0 Å². The van der Waals surface area contributed by atoms with Crippen molar-refractivity contribution in [1.29, 1.82) is 0 Å². The molecule has 2 rings (SSSR count). The van der Waals surface area contributed by atoms with Crippen molar-refractivity contribution in [3.05, 3.63) is 47.5 Å². The maximum atomic E-state index is 12.7. The van der Waals surface area contributed by atoms with Crippen LogP contribution in [0.25, 0.3) is 0 Å². The number of carbonyl (C=O) groups is 2. The van der Waals surface area contributed by atoms with E-state index in [1.165, 1.54) is 12.7 Å². The van der Waals surface area contributed by atoms with Crippen LogP contribution in [-0.2, 0) is 14.3 Å². The third kappa shape index (κ3) is 3.63. The summed E-state index contributed by atoms with van der Waals surface area (Å²) in [5, 5.41) is 2.86. The quantitative estimate of drug-likeness (QED) is 0.670. The van der Waals surface area contributed by atoms with Gasteiger partial charge in [0.05, 0.1) is 13.0 Å². The first kappa shape index (κ1) is 17.3. The molecule has 4 heteroatoms. The van der Waals surface area contributed by atoms with Crippen molar-refractivity contribution in [3.63, 3.8) is 0 Å². The molecule has 1 aliphatic rings. The number of ether oxygens (including phenoxy) is 1. The van der Waals surface area contributed by atoms with Crippen molar-refractivity contribution in [2.45, 2.75) is 33.7 Å². The Balaban J connectivity index is 2.16. The van der Waals surface area contributed by atoms with E-state index in [1.807, 2.05) is 44.2 Å². The van der Waals surface area contributed by atoms with Crippen LogP contribution in [0.3, 0.4) is 0 Å². The maximum Gasteiger partial charge on any atom is 0.333 e. The highest BCUT2D eigenvalue weighted by atomic mass is 16.5. The van der Waals surface area contributed by atoms with E-state index in [2.05, 4.69) is 25.2 Å². The standard InChI is InChI=1S/C19H25NO3/c1-12(2)11-14-15(19(14,3)4)17(21)20-16(18(22)23-5)13-9-7-6-8-10-13/h6-11,14-16H,1-5H3,(H,20,21). The summed E-state index contributed by atoms with van der Waals surface area (Å²) in [4.78, 5) is 24.7. The summed E-state index contributed by atoms with van der Waals surface area (Å²) in [5.74, 6) is -0.464. The molecule has 1 fully saturated rings. The van der Waals surface area contributed by atoms with E-state index in [0.717, 1.165) is 5.56 Å². The molecule has 0 spiro atoms. The van der Waals surface area contributed by atoms with Crippen molar-refractivity contribution < 1.29 is 14.3 Å². The lowest BCUT2D eigenvalue weighted by Crippen LogP contribution is -2.36. The van der Waals surface area contributed by atoms with Gasteiger partial charge in [0, 0.05) is 0 Å². The predicted octanol–water partition coefficient (Wildman–Crippen LogP) is 3.26. The van der Waals surface area contributed by atoms with E-state index in [9.17, 15) is 9.59 Å². The first-order valence-corrected chi connectivity index (χ1v) is 7.87. The summed E-state index contributed by atoms with van der Waals surface area (Å²) in [6, 6.07) is 8.40. The van der Waals surface area contributed by atoms with Crippen LogP contribution in [-0.4, -0.2) is 19.0 Å². The molecule has 1 N–H and O–H groups in total. The topological polar surface area (TPSA) is 55.4 Å². The van der Waals surface area contributed by atoms with Crippen LogP contribution >= 0.6 is 0 Å². The number of hydrogen-bond acceptors (Lipinski definition) is 3. The predicted molar refractivity (Wildman–Crippen MR) is 89.5 cm³/mol. The van der Waals surface area contributed by atoms with Crippen LogP contribution in [0.2, 0.25) is 0 Å². The Morgan fingerprint density at radius 3 is 2.35 bits per heavy atom. The SMILES string of the molecule is COC(=O)C(NC(=O)C1C(C=C(C)C)C1(C)C)c1ccccc1. The molecule has 1 amide bonds. The van der Waals surface area contributed by atoms with Crippen LogP contribution in [0.15, 0.2) is 42.0 Å². The van der Waals surface area contributed by atoms with Gasteiger partial charge in [0.1, 0.15) is 0 Å². The van der Waals surface area contributed by atoms with Crippen LogP contribution in [0.1, 0.15) is 39.3 Å². The molecule has 0 bridgehead atoms. The van der Waals surface area contributed by atoms with E-state index in [1.54, 1.807) is 0 Å². The highest BCUT2D eigenvalue weighted by Crippen LogP contribution is 2.59. The number of rotatable bonds is 5. The number of carbonyl (C=O) groups excluding carboxylic acids is 2. The minimum absolute atomic E-state index is 0.0846. The second kappa shape index (κ2) is 6.57. The molecule has 1 saturated carbocycles. The van der Waals surface area contributed by atoms with Gasteiger partial charge in [0.15, 0.2) is 6.04 Å². The van der Waals surface area contributed by atoms with Crippen molar-refractivity contribution in [2.75, 3.05) is 7.11 Å². The molecule has 1 aliphatic carbocycles. The zero-order valence-corrected chi connectivity index (χ0v) is 14.4. The fourth-order valence-corrected chi connectivity index (χ4v) is 3.12. The summed E-state index contributed by atoms with van der Waals surface area (Å²) >= 11 is 0. The van der Waals surface area contributed by atoms with Gasteiger partial charge >= 0.3 is 5.97 Å². The highest BCUT2D eigenvalue weighted by Gasteiger charge is 2.60. The summed E-state index contributed by atoms with van der Waals surface area (Å²) in [6.45, 7) is 8.23. The normalized spacial score (nSPS) is 22.7. The van der Waals surface area contributed by atoms with Gasteiger partial charge in [0.25, 0.3) is 0 Å². The van der Waals surface area contributed by atoms with Crippen molar-refractivity contribution in [1.82, 2.24) is 5.32 Å². The van der Waals surface area contributed by atoms with Crippen molar-refractivity contribution >= 4 is 11.9 Å². The lowest BCUT2D eigenvalue weighted by atomic mass is 10.1. The van der Waals surface area contributed by atoms with Crippen LogP contribution in [0, 0.1) is 17.3 Å². The van der Waals surface area contributed by atoms with Crippen molar-refractivity contribution in [2.24, 2.45) is 17.3 Å². The molecule has 3 unspecified atom stereocenters. The molecule has 3 atom stereocenters. The van der Waals surface area contributed by atoms with E-state index < -0.39 is 12.0 Å². The fraction of sp³-hybridized carbons (Fsp3) is 0.474. The summed E-state index contributed by atoms with van der Waals surface area (Å²) in [7, 11) is 1.33. The average Bonchev–Trinajstić information content (AvgIpc) is 3.04. The Morgan fingerprint density at radius 2 is 1.83 bits per heavy atom. The maximum absolute atomic E-state index is 12.7. The Bertz CT molecular complexity index is 615. The minimum atomic E-state index is -0.766. The number of methoxy groups -OCH3 is 1. The molecule has 124 valence electrons. The molecular formula is C19H25NO3. The Kier molecular flexibility index (Phi) is 4.93. The fourth-order valence-electron chi connectivity index (χ4n) is 3.12. The minimum Gasteiger partial charge on any atom is -0.467 e. The van der Waals surface area contributed by atoms with Gasteiger partial charge in [-0.2, -0.15) is 0 Å². The molecule has 0 radical (unpaired) electrons. The van der Waals surface area contributed by atoms with Gasteiger partial charge in [0.2, 0.25) is 5.91 Å². The Labute approximate surface area is 137 Å². The third-order valence-corrected chi connectivity index (χ3v) is 4.56. The second-order valence-electron chi connectivity index (χ2n) is 6.94. The molecule has 0 heterocycles. The van der Waals surface area contributed by atoms with Crippen LogP contribution in [0.4, 0.5) is 0 Å². The van der Waals surface area contributed by atoms with E-state index in [4.69, 9.17) is 4.74 Å². The molecular weight excluding hydrogens is 290 g/mol. The van der Waals surface area contributed by atoms with E-state index >= 15 is 0 Å². The van der Waals surface area contributed by atoms with Crippen LogP contribution < -0.4 is 5.32 Å². The average molecular weight is 315 g/mol. The lowest BCUT2D eigenvalue weighted by molar-refractivity contribution is -0.145. The monoisotopic (exact) mass is 315 g/mol. The van der Waals surface area contributed by atoms with Crippen LogP contribution in [0.5, 0.6) is 0 Å². The first-order chi connectivity index (χ1) is 10.8. The van der Waals surface area contributed by atoms with Gasteiger partial charge in [-0.05, 0) is 30.7 Å². The molecule has 0 aromatic heterocycles. The van der Waals surface area contributed by atoms with Crippen molar-refractivity contribution in [3.8, 4) is 0 Å². The first-order valence-electron chi connectivity index (χ1n) is 7.87. The molecule has 4 nitrogen and oxygen atoms in total. The zero-order chi connectivity index (χ0) is 17.2. The zero-order valence-electron chi connectivity index (χ0n) is 14.4. The van der Waals surface area contributed by atoms with Gasteiger partial charge in [-0.25, -0.2) is 4.79 Å². The molecule has 0 aliphatic heterocycles. The summed E-state index contributed by atoms with van der Waals surface area (Å²) in [6.07, 6.45) is 2.14.